The first kappa shape index (κ1) is 36.3. The predicted octanol–water partition coefficient (Wildman–Crippen LogP) is 16.2. The zero-order chi connectivity index (χ0) is 42.2. The number of anilines is 3. The second-order valence-corrected chi connectivity index (χ2v) is 17.0. The summed E-state index contributed by atoms with van der Waals surface area (Å²) in [4.78, 5) is 7.37. The lowest BCUT2D eigenvalue weighted by molar-refractivity contribution is 0.794. The summed E-state index contributed by atoms with van der Waals surface area (Å²) in [7, 11) is 0. The number of rotatable bonds is 6. The van der Waals surface area contributed by atoms with E-state index < -0.39 is 5.41 Å². The van der Waals surface area contributed by atoms with Crippen LogP contribution in [-0.4, -0.2) is 4.98 Å². The molecule has 0 aliphatic heterocycles. The van der Waals surface area contributed by atoms with Gasteiger partial charge in [-0.15, -0.1) is 0 Å². The van der Waals surface area contributed by atoms with E-state index in [-0.39, 0.29) is 0 Å². The molecule has 1 aromatic heterocycles. The third-order valence-electron chi connectivity index (χ3n) is 13.7. The number of nitrogens with zero attached hydrogens (tertiary/aromatic N) is 2. The Balaban J connectivity index is 1.04. The number of hydrogen-bond acceptors (Lipinski definition) is 2. The van der Waals surface area contributed by atoms with E-state index in [0.29, 0.717) is 0 Å². The number of hydrogen-bond donors (Lipinski definition) is 0. The van der Waals surface area contributed by atoms with Gasteiger partial charge >= 0.3 is 0 Å². The summed E-state index contributed by atoms with van der Waals surface area (Å²) in [6.45, 7) is 0. The van der Waals surface area contributed by atoms with E-state index in [1.54, 1.807) is 0 Å². The van der Waals surface area contributed by atoms with Crippen molar-refractivity contribution < 1.29 is 0 Å². The highest BCUT2D eigenvalue weighted by Crippen LogP contribution is 2.64. The van der Waals surface area contributed by atoms with Crippen LogP contribution in [0.15, 0.2) is 243 Å². The molecule has 2 aliphatic rings. The molecule has 0 bridgehead atoms. The quantitative estimate of drug-likeness (QED) is 0.156. The maximum Gasteiger partial charge on any atom is 0.0786 e. The molecule has 13 rings (SSSR count). The van der Waals surface area contributed by atoms with E-state index >= 15 is 0 Å². The number of benzene rings is 10. The van der Waals surface area contributed by atoms with Crippen LogP contribution in [0.25, 0.3) is 77.3 Å². The molecule has 10 aromatic carbocycles. The summed E-state index contributed by atoms with van der Waals surface area (Å²) in [5.41, 5.74) is 21.3. The predicted molar refractivity (Wildman–Crippen MR) is 267 cm³/mol. The number of fused-ring (bicyclic) bond motifs is 13. The zero-order valence-electron chi connectivity index (χ0n) is 35.0. The third-order valence-corrected chi connectivity index (χ3v) is 13.7. The molecular formula is C62H40N2. The van der Waals surface area contributed by atoms with Crippen molar-refractivity contribution in [3.8, 4) is 55.6 Å². The molecule has 64 heavy (non-hydrogen) atoms. The molecule has 2 aliphatic carbocycles. The Morgan fingerprint density at radius 3 is 1.41 bits per heavy atom. The van der Waals surface area contributed by atoms with Crippen molar-refractivity contribution >= 4 is 38.7 Å². The first-order valence-corrected chi connectivity index (χ1v) is 22.1. The zero-order valence-corrected chi connectivity index (χ0v) is 35.0. The van der Waals surface area contributed by atoms with Crippen molar-refractivity contribution in [1.29, 1.82) is 0 Å². The van der Waals surface area contributed by atoms with Crippen LogP contribution < -0.4 is 4.90 Å². The van der Waals surface area contributed by atoms with Gasteiger partial charge in [0, 0.05) is 34.0 Å². The average molecular weight is 813 g/mol. The standard InChI is InChI=1S/C62H40N2/c1-3-13-41(14-4-1)43-26-31-48(32-27-43)64(49-33-28-44(29-34-49)42-15-5-2-6-16-42)50-35-37-55-53-20-8-10-23-57(53)62(59(55)40-50)56-22-9-7-19-52(56)54-36-30-47(39-58(54)62)51-21-11-17-45-24-25-46-18-12-38-63-61(46)60(45)51/h1-40H. The van der Waals surface area contributed by atoms with Crippen LogP contribution in [0.1, 0.15) is 22.3 Å². The Labute approximate surface area is 373 Å². The average Bonchev–Trinajstić information content (AvgIpc) is 3.84. The fourth-order valence-corrected chi connectivity index (χ4v) is 10.9. The molecule has 0 amide bonds. The monoisotopic (exact) mass is 812 g/mol. The summed E-state index contributed by atoms with van der Waals surface area (Å²) in [5, 5.41) is 3.52. The van der Waals surface area contributed by atoms with Gasteiger partial charge in [-0.25, -0.2) is 0 Å². The van der Waals surface area contributed by atoms with Crippen molar-refractivity contribution in [2.75, 3.05) is 4.90 Å². The van der Waals surface area contributed by atoms with E-state index in [2.05, 4.69) is 235 Å². The van der Waals surface area contributed by atoms with Gasteiger partial charge in [0.2, 0.25) is 0 Å². The molecular weight excluding hydrogens is 773 g/mol. The molecule has 1 spiro atoms. The molecule has 0 fully saturated rings. The highest BCUT2D eigenvalue weighted by Gasteiger charge is 2.52. The summed E-state index contributed by atoms with van der Waals surface area (Å²) >= 11 is 0. The molecule has 298 valence electrons. The second kappa shape index (κ2) is 14.4. The van der Waals surface area contributed by atoms with Gasteiger partial charge in [0.1, 0.15) is 0 Å². The highest BCUT2D eigenvalue weighted by molar-refractivity contribution is 6.13. The second-order valence-electron chi connectivity index (χ2n) is 17.0. The first-order chi connectivity index (χ1) is 31.7. The lowest BCUT2D eigenvalue weighted by Crippen LogP contribution is -2.26. The normalized spacial score (nSPS) is 14.3. The van der Waals surface area contributed by atoms with Crippen molar-refractivity contribution in [3.05, 3.63) is 265 Å². The van der Waals surface area contributed by atoms with Crippen LogP contribution in [0.3, 0.4) is 0 Å². The van der Waals surface area contributed by atoms with Gasteiger partial charge in [-0.05, 0) is 132 Å². The minimum atomic E-state index is -0.547. The van der Waals surface area contributed by atoms with E-state index in [1.165, 1.54) is 88.7 Å². The lowest BCUT2D eigenvalue weighted by atomic mass is 9.70. The van der Waals surface area contributed by atoms with Gasteiger partial charge in [-0.1, -0.05) is 188 Å². The molecule has 0 saturated heterocycles. The van der Waals surface area contributed by atoms with Gasteiger partial charge in [0.15, 0.2) is 0 Å². The summed E-state index contributed by atoms with van der Waals surface area (Å²) in [5.74, 6) is 0. The van der Waals surface area contributed by atoms with Crippen LogP contribution in [0, 0.1) is 0 Å². The van der Waals surface area contributed by atoms with Crippen LogP contribution in [-0.2, 0) is 5.41 Å². The smallest absolute Gasteiger partial charge is 0.0786 e. The van der Waals surface area contributed by atoms with Crippen molar-refractivity contribution in [1.82, 2.24) is 4.98 Å². The highest BCUT2D eigenvalue weighted by atomic mass is 15.1. The van der Waals surface area contributed by atoms with Crippen molar-refractivity contribution in [2.45, 2.75) is 5.41 Å². The summed E-state index contributed by atoms with van der Waals surface area (Å²) in [6.07, 6.45) is 1.91. The fraction of sp³-hybridized carbons (Fsp3) is 0.0161. The molecule has 2 heteroatoms. The van der Waals surface area contributed by atoms with Crippen molar-refractivity contribution in [3.63, 3.8) is 0 Å². The van der Waals surface area contributed by atoms with Crippen molar-refractivity contribution in [2.24, 2.45) is 0 Å². The Kier molecular flexibility index (Phi) is 8.16. The molecule has 1 unspecified atom stereocenters. The van der Waals surface area contributed by atoms with Crippen LogP contribution >= 0.6 is 0 Å². The van der Waals surface area contributed by atoms with Gasteiger partial charge in [0.25, 0.3) is 0 Å². The van der Waals surface area contributed by atoms with Gasteiger partial charge in [-0.2, -0.15) is 0 Å². The maximum absolute atomic E-state index is 4.94. The van der Waals surface area contributed by atoms with E-state index in [9.17, 15) is 0 Å². The van der Waals surface area contributed by atoms with Crippen LogP contribution in [0.4, 0.5) is 17.1 Å². The Morgan fingerprint density at radius 2 is 0.766 bits per heavy atom. The van der Waals surface area contributed by atoms with Gasteiger partial charge < -0.3 is 4.90 Å². The molecule has 1 atom stereocenters. The van der Waals surface area contributed by atoms with Gasteiger partial charge in [0.05, 0.1) is 10.9 Å². The van der Waals surface area contributed by atoms with E-state index in [1.807, 2.05) is 12.3 Å². The first-order valence-electron chi connectivity index (χ1n) is 22.1. The van der Waals surface area contributed by atoms with E-state index in [0.717, 1.165) is 28.0 Å². The molecule has 0 N–H and O–H groups in total. The van der Waals surface area contributed by atoms with Gasteiger partial charge in [-0.3, -0.25) is 4.98 Å². The topological polar surface area (TPSA) is 16.1 Å². The van der Waals surface area contributed by atoms with Crippen LogP contribution in [0.5, 0.6) is 0 Å². The molecule has 2 nitrogen and oxygen atoms in total. The minimum absolute atomic E-state index is 0.547. The molecule has 0 saturated carbocycles. The number of aromatic nitrogens is 1. The molecule has 11 aromatic rings. The SMILES string of the molecule is c1ccc(-c2ccc(N(c3ccc(-c4ccccc4)cc3)c3ccc4c(c3)C3(c5ccccc5-c5ccc(-c6cccc7ccc8cccnc8c67)cc53)c3ccccc3-4)cc2)cc1. The Bertz CT molecular complexity index is 3500. The van der Waals surface area contributed by atoms with E-state index in [4.69, 9.17) is 4.98 Å². The maximum atomic E-state index is 4.94. The molecule has 0 radical (unpaired) electrons. The summed E-state index contributed by atoms with van der Waals surface area (Å²) < 4.78 is 0. The molecule has 1 heterocycles. The Morgan fingerprint density at radius 1 is 0.297 bits per heavy atom. The fourth-order valence-electron chi connectivity index (χ4n) is 10.9. The minimum Gasteiger partial charge on any atom is -0.310 e. The number of pyridine rings is 1. The Hall–Kier alpha value is -8.33. The lowest BCUT2D eigenvalue weighted by Gasteiger charge is -2.32. The largest absolute Gasteiger partial charge is 0.310 e. The third kappa shape index (κ3) is 5.42. The van der Waals surface area contributed by atoms with Crippen LogP contribution in [0.2, 0.25) is 0 Å². The summed E-state index contributed by atoms with van der Waals surface area (Å²) in [6, 6.07) is 87.1.